The molecule has 2 amide bonds. The van der Waals surface area contributed by atoms with Crippen molar-refractivity contribution in [2.24, 2.45) is 11.8 Å². The molecule has 0 saturated carbocycles. The number of nitro groups is 1. The van der Waals surface area contributed by atoms with E-state index < -0.39 is 46.4 Å². The lowest BCUT2D eigenvalue weighted by Gasteiger charge is -2.32. The largest absolute Gasteiger partial charge is 0.359 e. The van der Waals surface area contributed by atoms with Crippen LogP contribution in [0, 0.1) is 33.3 Å². The lowest BCUT2D eigenvalue weighted by Crippen LogP contribution is -2.46. The minimum atomic E-state index is -1.12. The van der Waals surface area contributed by atoms with E-state index >= 15 is 0 Å². The summed E-state index contributed by atoms with van der Waals surface area (Å²) in [5.41, 5.74) is 0.197. The zero-order chi connectivity index (χ0) is 25.0. The molecule has 0 N–H and O–H groups in total. The Morgan fingerprint density at radius 3 is 2.51 bits per heavy atom. The van der Waals surface area contributed by atoms with Gasteiger partial charge in [-0.15, -0.1) is 0 Å². The summed E-state index contributed by atoms with van der Waals surface area (Å²) in [6, 6.07) is 9.73. The van der Waals surface area contributed by atoms with Gasteiger partial charge in [-0.1, -0.05) is 35.3 Å². The molecule has 3 aliphatic rings. The molecule has 0 bridgehead atoms. The Labute approximate surface area is 208 Å². The van der Waals surface area contributed by atoms with Crippen molar-refractivity contribution in [3.63, 3.8) is 0 Å². The zero-order valence-electron chi connectivity index (χ0n) is 17.7. The number of hydrogen-bond donors (Lipinski definition) is 0. The Balaban J connectivity index is 1.62. The van der Waals surface area contributed by atoms with Crippen LogP contribution in [0.2, 0.25) is 10.0 Å². The molecule has 0 radical (unpaired) electrons. The number of benzene rings is 2. The molecule has 2 saturated heterocycles. The van der Waals surface area contributed by atoms with Crippen molar-refractivity contribution >= 4 is 52.2 Å². The van der Waals surface area contributed by atoms with Crippen LogP contribution in [0.3, 0.4) is 0 Å². The number of allylic oxidation sites excluding steroid dienone is 2. The fraction of sp³-hybridized carbons (Fsp3) is 0.167. The highest BCUT2D eigenvalue weighted by molar-refractivity contribution is 6.38. The molecule has 0 spiro atoms. The van der Waals surface area contributed by atoms with Crippen LogP contribution >= 0.6 is 23.2 Å². The summed E-state index contributed by atoms with van der Waals surface area (Å²) >= 11 is 12.2. The number of nitrogens with zero attached hydrogens (tertiary/aromatic N) is 4. The highest BCUT2D eigenvalue weighted by Crippen LogP contribution is 2.48. The smallest absolute Gasteiger partial charge is 0.270 e. The predicted octanol–water partition coefficient (Wildman–Crippen LogP) is 3.92. The number of hydrogen-bond acceptors (Lipinski definition) is 7. The Kier molecular flexibility index (Phi) is 5.43. The van der Waals surface area contributed by atoms with Gasteiger partial charge < -0.3 is 4.90 Å². The maximum absolute atomic E-state index is 13.7. The van der Waals surface area contributed by atoms with Crippen LogP contribution in [-0.2, 0) is 9.59 Å². The maximum Gasteiger partial charge on any atom is 0.270 e. The molecule has 3 aliphatic heterocycles. The number of imide groups is 1. The number of carbonyl (C=O) groups is 3. The van der Waals surface area contributed by atoms with E-state index in [0.717, 1.165) is 11.0 Å². The number of non-ortho nitro benzene ring substituents is 1. The van der Waals surface area contributed by atoms with Crippen molar-refractivity contribution in [3.8, 4) is 6.07 Å². The molecular formula is C24H14Cl2N4O5. The second-order valence-electron chi connectivity index (χ2n) is 8.26. The van der Waals surface area contributed by atoms with Gasteiger partial charge in [-0.05, 0) is 30.4 Å². The third kappa shape index (κ3) is 3.50. The number of rotatable bonds is 4. The third-order valence-electron chi connectivity index (χ3n) is 6.44. The minimum Gasteiger partial charge on any atom is -0.359 e. The van der Waals surface area contributed by atoms with Crippen LogP contribution in [-0.4, -0.2) is 39.5 Å². The highest BCUT2D eigenvalue weighted by Gasteiger charge is 2.63. The van der Waals surface area contributed by atoms with E-state index in [1.54, 1.807) is 11.0 Å². The zero-order valence-corrected chi connectivity index (χ0v) is 19.2. The second kappa shape index (κ2) is 8.34. The monoisotopic (exact) mass is 508 g/mol. The third-order valence-corrected chi connectivity index (χ3v) is 6.98. The van der Waals surface area contributed by atoms with Crippen LogP contribution in [0.4, 0.5) is 11.4 Å². The average Bonchev–Trinajstić information content (AvgIpc) is 3.31. The van der Waals surface area contributed by atoms with Gasteiger partial charge in [0.2, 0.25) is 11.8 Å². The van der Waals surface area contributed by atoms with Crippen molar-refractivity contribution in [1.82, 2.24) is 4.90 Å². The van der Waals surface area contributed by atoms with Crippen LogP contribution in [0.15, 0.2) is 66.4 Å². The van der Waals surface area contributed by atoms with Gasteiger partial charge in [-0.3, -0.25) is 24.5 Å². The number of ketones is 1. The standard InChI is InChI=1S/C24H14Cl2N4O5/c25-14-4-5-17(16(26)10-14)29-23(32)19-18-8-12(11-27)6-7-28(18)21(20(19)24(29)33)22(31)13-2-1-3-15(9-13)30(34)35/h1-10,18-21H/t18-,19-,20-,21+/m0/s1. The van der Waals surface area contributed by atoms with Gasteiger partial charge in [0.15, 0.2) is 5.78 Å². The van der Waals surface area contributed by atoms with Crippen LogP contribution in [0.25, 0.3) is 0 Å². The van der Waals surface area contributed by atoms with Crippen molar-refractivity contribution in [2.45, 2.75) is 12.1 Å². The molecule has 0 aromatic heterocycles. The van der Waals surface area contributed by atoms with Gasteiger partial charge in [0, 0.05) is 28.9 Å². The number of amides is 2. The number of Topliss-reactive ketones (excluding diaryl/α,β-unsaturated/α-hetero) is 1. The minimum absolute atomic E-state index is 0.0373. The summed E-state index contributed by atoms with van der Waals surface area (Å²) in [6.07, 6.45) is 4.56. The SMILES string of the molecule is N#CC1=C[C@H]2[C@@H]3C(=O)N(c4ccc(Cl)cc4Cl)C(=O)[C@@H]3[C@H](C(=O)c3cccc([N+](=O)[O-])c3)N2C=C1. The molecule has 35 heavy (non-hydrogen) atoms. The topological polar surface area (TPSA) is 125 Å². The lowest BCUT2D eigenvalue weighted by atomic mass is 9.86. The molecule has 2 aromatic rings. The van der Waals surface area contributed by atoms with Gasteiger partial charge in [0.25, 0.3) is 5.69 Å². The summed E-state index contributed by atoms with van der Waals surface area (Å²) in [4.78, 5) is 54.1. The first-order valence-corrected chi connectivity index (χ1v) is 11.2. The Hall–Kier alpha value is -4.00. The summed E-state index contributed by atoms with van der Waals surface area (Å²) < 4.78 is 0. The van der Waals surface area contributed by atoms with Crippen molar-refractivity contribution < 1.29 is 19.3 Å². The van der Waals surface area contributed by atoms with Gasteiger partial charge in [0.1, 0.15) is 6.04 Å². The molecule has 174 valence electrons. The molecule has 5 rings (SSSR count). The van der Waals surface area contributed by atoms with E-state index in [2.05, 4.69) is 0 Å². The molecule has 4 atom stereocenters. The van der Waals surface area contributed by atoms with E-state index in [0.29, 0.717) is 5.02 Å². The molecule has 0 aliphatic carbocycles. The van der Waals surface area contributed by atoms with Gasteiger partial charge >= 0.3 is 0 Å². The number of fused-ring (bicyclic) bond motifs is 3. The van der Waals surface area contributed by atoms with E-state index in [9.17, 15) is 29.8 Å². The summed E-state index contributed by atoms with van der Waals surface area (Å²) in [7, 11) is 0. The van der Waals surface area contributed by atoms with Gasteiger partial charge in [-0.2, -0.15) is 5.26 Å². The first kappa shape index (κ1) is 22.8. The van der Waals surface area contributed by atoms with Crippen molar-refractivity contribution in [2.75, 3.05) is 4.90 Å². The van der Waals surface area contributed by atoms with E-state index in [1.807, 2.05) is 6.07 Å². The fourth-order valence-corrected chi connectivity index (χ4v) is 5.46. The van der Waals surface area contributed by atoms with Crippen LogP contribution in [0.5, 0.6) is 0 Å². The molecule has 2 fully saturated rings. The fourth-order valence-electron chi connectivity index (χ4n) is 4.96. The van der Waals surface area contributed by atoms with Gasteiger partial charge in [-0.25, -0.2) is 4.90 Å². The van der Waals surface area contributed by atoms with Gasteiger partial charge in [0.05, 0.1) is 45.2 Å². The quantitative estimate of drug-likeness (QED) is 0.265. The molecule has 0 unspecified atom stereocenters. The first-order valence-electron chi connectivity index (χ1n) is 10.4. The maximum atomic E-state index is 13.7. The lowest BCUT2D eigenvalue weighted by molar-refractivity contribution is -0.384. The van der Waals surface area contributed by atoms with Crippen LogP contribution < -0.4 is 4.90 Å². The summed E-state index contributed by atoms with van der Waals surface area (Å²) in [5, 5.41) is 21.0. The predicted molar refractivity (Wildman–Crippen MR) is 126 cm³/mol. The van der Waals surface area contributed by atoms with Crippen LogP contribution in [0.1, 0.15) is 10.4 Å². The molecular weight excluding hydrogens is 495 g/mol. The molecule has 11 heteroatoms. The highest BCUT2D eigenvalue weighted by atomic mass is 35.5. The van der Waals surface area contributed by atoms with E-state index in [-0.39, 0.29) is 27.5 Å². The molecule has 9 nitrogen and oxygen atoms in total. The number of carbonyl (C=O) groups excluding carboxylic acids is 3. The number of halogens is 2. The number of nitriles is 1. The first-order chi connectivity index (χ1) is 16.7. The molecule has 2 aromatic carbocycles. The summed E-state index contributed by atoms with van der Waals surface area (Å²) in [5.74, 6) is -3.78. The Bertz CT molecular complexity index is 1430. The summed E-state index contributed by atoms with van der Waals surface area (Å²) in [6.45, 7) is 0. The van der Waals surface area contributed by atoms with Crippen molar-refractivity contribution in [3.05, 3.63) is 92.1 Å². The Morgan fingerprint density at radius 1 is 1.09 bits per heavy atom. The normalized spacial score (nSPS) is 24.7. The molecule has 3 heterocycles. The van der Waals surface area contributed by atoms with E-state index in [1.165, 1.54) is 48.7 Å². The average molecular weight is 509 g/mol. The second-order valence-corrected chi connectivity index (χ2v) is 9.11. The Morgan fingerprint density at radius 2 is 1.83 bits per heavy atom. The number of nitro benzene ring substituents is 1. The van der Waals surface area contributed by atoms with Crippen molar-refractivity contribution in [1.29, 1.82) is 5.26 Å². The van der Waals surface area contributed by atoms with E-state index in [4.69, 9.17) is 23.2 Å². The number of anilines is 1.